The molecule has 3 aromatic heterocycles. The van der Waals surface area contributed by atoms with Gasteiger partial charge >= 0.3 is 0 Å². The van der Waals surface area contributed by atoms with Crippen molar-refractivity contribution in [2.24, 2.45) is 4.99 Å². The number of guanidine groups is 1. The van der Waals surface area contributed by atoms with Crippen LogP contribution in [0.2, 0.25) is 0 Å². The molecule has 9 heteroatoms. The fourth-order valence-electron chi connectivity index (χ4n) is 2.88. The SMILES string of the molecule is CCNC(=NCc1ncc(-c2ccccc2)[nH]1)NCc1nnc2ccccn12.I. The number of hydrogen-bond donors (Lipinski definition) is 3. The second-order valence-electron chi connectivity index (χ2n) is 6.20. The minimum atomic E-state index is 0. The molecule has 29 heavy (non-hydrogen) atoms. The van der Waals surface area contributed by atoms with Crippen molar-refractivity contribution < 1.29 is 0 Å². The van der Waals surface area contributed by atoms with Gasteiger partial charge in [-0.25, -0.2) is 9.98 Å². The van der Waals surface area contributed by atoms with E-state index >= 15 is 0 Å². The first-order valence-corrected chi connectivity index (χ1v) is 9.23. The fourth-order valence-corrected chi connectivity index (χ4v) is 2.88. The molecule has 3 heterocycles. The van der Waals surface area contributed by atoms with Crippen LogP contribution in [0.15, 0.2) is 65.9 Å². The van der Waals surface area contributed by atoms with Gasteiger partial charge in [0.2, 0.25) is 0 Å². The summed E-state index contributed by atoms with van der Waals surface area (Å²) in [6, 6.07) is 15.9. The molecular formula is C20H23IN8. The summed E-state index contributed by atoms with van der Waals surface area (Å²) in [7, 11) is 0. The molecule has 8 nitrogen and oxygen atoms in total. The molecule has 150 valence electrons. The van der Waals surface area contributed by atoms with Crippen LogP contribution < -0.4 is 10.6 Å². The maximum atomic E-state index is 4.61. The van der Waals surface area contributed by atoms with Gasteiger partial charge in [-0.3, -0.25) is 4.40 Å². The Morgan fingerprint density at radius 3 is 2.72 bits per heavy atom. The van der Waals surface area contributed by atoms with E-state index in [1.54, 1.807) is 0 Å². The van der Waals surface area contributed by atoms with Crippen molar-refractivity contribution in [1.29, 1.82) is 0 Å². The number of fused-ring (bicyclic) bond motifs is 1. The van der Waals surface area contributed by atoms with Gasteiger partial charge in [-0.05, 0) is 24.6 Å². The minimum absolute atomic E-state index is 0. The molecule has 0 atom stereocenters. The van der Waals surface area contributed by atoms with E-state index in [-0.39, 0.29) is 24.0 Å². The number of pyridine rings is 1. The average Bonchev–Trinajstić information content (AvgIpc) is 3.38. The fraction of sp³-hybridized carbons (Fsp3) is 0.200. The van der Waals surface area contributed by atoms with Gasteiger partial charge in [-0.15, -0.1) is 34.2 Å². The number of imidazole rings is 1. The molecule has 3 N–H and O–H groups in total. The van der Waals surface area contributed by atoms with E-state index in [0.29, 0.717) is 19.0 Å². The van der Waals surface area contributed by atoms with Crippen LogP contribution in [0.25, 0.3) is 16.9 Å². The highest BCUT2D eigenvalue weighted by molar-refractivity contribution is 14.0. The van der Waals surface area contributed by atoms with E-state index in [2.05, 4.69) is 47.9 Å². The molecular weight excluding hydrogens is 479 g/mol. The largest absolute Gasteiger partial charge is 0.357 e. The van der Waals surface area contributed by atoms with Crippen molar-refractivity contribution in [3.63, 3.8) is 0 Å². The first-order chi connectivity index (χ1) is 13.8. The summed E-state index contributed by atoms with van der Waals surface area (Å²) in [6.45, 7) is 3.76. The summed E-state index contributed by atoms with van der Waals surface area (Å²) in [6.07, 6.45) is 3.78. The third kappa shape index (κ3) is 5.11. The molecule has 0 saturated heterocycles. The van der Waals surface area contributed by atoms with E-state index in [9.17, 15) is 0 Å². The van der Waals surface area contributed by atoms with Crippen LogP contribution in [0.4, 0.5) is 0 Å². The number of benzene rings is 1. The highest BCUT2D eigenvalue weighted by atomic mass is 127. The lowest BCUT2D eigenvalue weighted by Gasteiger charge is -2.10. The van der Waals surface area contributed by atoms with Gasteiger partial charge in [0.1, 0.15) is 12.4 Å². The molecule has 0 radical (unpaired) electrons. The van der Waals surface area contributed by atoms with Gasteiger partial charge in [0.15, 0.2) is 17.4 Å². The van der Waals surface area contributed by atoms with Crippen LogP contribution in [0.1, 0.15) is 18.6 Å². The zero-order valence-corrected chi connectivity index (χ0v) is 18.4. The topological polar surface area (TPSA) is 95.3 Å². The monoisotopic (exact) mass is 502 g/mol. The molecule has 1 aromatic carbocycles. The number of nitrogens with one attached hydrogen (secondary N) is 3. The Kier molecular flexibility index (Phi) is 7.17. The Morgan fingerprint density at radius 1 is 1.07 bits per heavy atom. The van der Waals surface area contributed by atoms with Crippen molar-refractivity contribution >= 4 is 35.6 Å². The predicted molar refractivity (Wildman–Crippen MR) is 124 cm³/mol. The molecule has 0 unspecified atom stereocenters. The van der Waals surface area contributed by atoms with Gasteiger partial charge in [-0.2, -0.15) is 0 Å². The Hall–Kier alpha value is -2.95. The van der Waals surface area contributed by atoms with E-state index < -0.39 is 0 Å². The second kappa shape index (κ2) is 10.0. The molecule has 4 rings (SSSR count). The van der Waals surface area contributed by atoms with Crippen LogP contribution >= 0.6 is 24.0 Å². The zero-order valence-electron chi connectivity index (χ0n) is 16.0. The molecule has 4 aromatic rings. The highest BCUT2D eigenvalue weighted by Gasteiger charge is 2.07. The Balaban J connectivity index is 0.00000240. The molecule has 0 bridgehead atoms. The molecule has 0 spiro atoms. The number of rotatable bonds is 6. The van der Waals surface area contributed by atoms with Crippen molar-refractivity contribution in [1.82, 2.24) is 35.2 Å². The molecule has 0 fully saturated rings. The van der Waals surface area contributed by atoms with Crippen molar-refractivity contribution in [2.45, 2.75) is 20.0 Å². The number of hydrogen-bond acceptors (Lipinski definition) is 4. The van der Waals surface area contributed by atoms with Crippen molar-refractivity contribution in [3.8, 4) is 11.3 Å². The minimum Gasteiger partial charge on any atom is -0.357 e. The van der Waals surface area contributed by atoms with Gasteiger partial charge in [0.25, 0.3) is 0 Å². The molecule has 0 amide bonds. The zero-order chi connectivity index (χ0) is 19.2. The summed E-state index contributed by atoms with van der Waals surface area (Å²) in [5, 5.41) is 14.9. The molecule has 0 aliphatic rings. The number of aromatic amines is 1. The van der Waals surface area contributed by atoms with Crippen LogP contribution in [-0.2, 0) is 13.1 Å². The lowest BCUT2D eigenvalue weighted by Crippen LogP contribution is -2.37. The number of aliphatic imine (C=N–C) groups is 1. The van der Waals surface area contributed by atoms with Crippen LogP contribution in [0.5, 0.6) is 0 Å². The summed E-state index contributed by atoms with van der Waals surface area (Å²) in [5.74, 6) is 2.34. The van der Waals surface area contributed by atoms with Crippen molar-refractivity contribution in [2.75, 3.05) is 6.54 Å². The van der Waals surface area contributed by atoms with Gasteiger partial charge in [0.05, 0.1) is 18.4 Å². The predicted octanol–water partition coefficient (Wildman–Crippen LogP) is 2.99. The summed E-state index contributed by atoms with van der Waals surface area (Å²) < 4.78 is 1.95. The van der Waals surface area contributed by atoms with Gasteiger partial charge in [0, 0.05) is 12.7 Å². The van der Waals surface area contributed by atoms with Crippen molar-refractivity contribution in [3.05, 3.63) is 72.6 Å². The third-order valence-electron chi connectivity index (χ3n) is 4.24. The Bertz CT molecular complexity index is 1070. The first kappa shape index (κ1) is 20.8. The molecule has 0 saturated carbocycles. The lowest BCUT2D eigenvalue weighted by atomic mass is 10.2. The summed E-state index contributed by atoms with van der Waals surface area (Å²) in [4.78, 5) is 12.4. The van der Waals surface area contributed by atoms with Gasteiger partial charge in [-0.1, -0.05) is 36.4 Å². The van der Waals surface area contributed by atoms with E-state index in [0.717, 1.165) is 35.1 Å². The first-order valence-electron chi connectivity index (χ1n) is 9.23. The number of H-pyrrole nitrogens is 1. The van der Waals surface area contributed by atoms with E-state index in [1.165, 1.54) is 0 Å². The number of aromatic nitrogens is 5. The average molecular weight is 502 g/mol. The maximum absolute atomic E-state index is 4.61. The van der Waals surface area contributed by atoms with Crippen LogP contribution in [0.3, 0.4) is 0 Å². The Labute approximate surface area is 185 Å². The number of nitrogens with zero attached hydrogens (tertiary/aromatic N) is 5. The highest BCUT2D eigenvalue weighted by Crippen LogP contribution is 2.16. The molecule has 0 aliphatic heterocycles. The summed E-state index contributed by atoms with van der Waals surface area (Å²) in [5.41, 5.74) is 2.91. The lowest BCUT2D eigenvalue weighted by molar-refractivity contribution is 0.762. The summed E-state index contributed by atoms with van der Waals surface area (Å²) >= 11 is 0. The van der Waals surface area contributed by atoms with Gasteiger partial charge < -0.3 is 15.6 Å². The quantitative estimate of drug-likeness (QED) is 0.214. The van der Waals surface area contributed by atoms with Crippen LogP contribution in [-0.4, -0.2) is 37.1 Å². The van der Waals surface area contributed by atoms with E-state index in [4.69, 9.17) is 0 Å². The van der Waals surface area contributed by atoms with Crippen LogP contribution in [0, 0.1) is 0 Å². The van der Waals surface area contributed by atoms with E-state index in [1.807, 2.05) is 60.1 Å². The standard InChI is InChI=1S/C20H22N8.HI/c1-2-21-20(24-14-19-27-26-18-10-6-7-11-28(18)19)23-13-17-22-12-16(25-17)15-8-4-3-5-9-15;/h3-12H,2,13-14H2,1H3,(H,22,25)(H2,21,23,24);1H. The second-order valence-corrected chi connectivity index (χ2v) is 6.20. The third-order valence-corrected chi connectivity index (χ3v) is 4.24. The Morgan fingerprint density at radius 2 is 1.90 bits per heavy atom. The smallest absolute Gasteiger partial charge is 0.192 e. The number of halogens is 1. The normalized spacial score (nSPS) is 11.3. The maximum Gasteiger partial charge on any atom is 0.192 e. The molecule has 0 aliphatic carbocycles.